The van der Waals surface area contributed by atoms with Gasteiger partial charge < -0.3 is 14.5 Å². The normalized spacial score (nSPS) is 17.3. The minimum absolute atomic E-state index is 0.0937. The van der Waals surface area contributed by atoms with Gasteiger partial charge in [0.05, 0.1) is 48.9 Å². The molecule has 3 aliphatic heterocycles. The van der Waals surface area contributed by atoms with Gasteiger partial charge in [0.2, 0.25) is 0 Å². The van der Waals surface area contributed by atoms with E-state index in [-0.39, 0.29) is 18.0 Å². The van der Waals surface area contributed by atoms with E-state index in [4.69, 9.17) is 9.72 Å². The van der Waals surface area contributed by atoms with Crippen molar-refractivity contribution in [1.82, 2.24) is 34.3 Å². The predicted octanol–water partition coefficient (Wildman–Crippen LogP) is 2.91. The van der Waals surface area contributed by atoms with Gasteiger partial charge in [-0.05, 0) is 30.7 Å². The third-order valence-electron chi connectivity index (χ3n) is 7.84. The van der Waals surface area contributed by atoms with Crippen LogP contribution in [-0.4, -0.2) is 72.5 Å². The van der Waals surface area contributed by atoms with Crippen LogP contribution in [0.1, 0.15) is 17.5 Å². The van der Waals surface area contributed by atoms with Crippen LogP contribution in [0.5, 0.6) is 5.75 Å². The molecule has 8 heterocycles. The van der Waals surface area contributed by atoms with Gasteiger partial charge in [0, 0.05) is 78.7 Å². The van der Waals surface area contributed by atoms with E-state index < -0.39 is 0 Å². The number of carbonyl (C=O) groups is 1. The number of amides is 1. The van der Waals surface area contributed by atoms with Gasteiger partial charge in [0.25, 0.3) is 5.91 Å². The van der Waals surface area contributed by atoms with Crippen molar-refractivity contribution in [2.45, 2.75) is 18.5 Å². The standard InChI is InChI=1S/C31H25N9O2/c1-37-16-24(14-35-37)22-8-28(31-23(10-32)13-36-39(31)17-22)21-4-5-29(34-12-21)38-18-25-9-26(19-38)40(25)30(41)6-3-20-7-27(42-2)15-33-11-20/h4-5,7-8,11-17,25-26H,9,18-19H2,1-2H3. The van der Waals surface area contributed by atoms with Gasteiger partial charge >= 0.3 is 0 Å². The van der Waals surface area contributed by atoms with Crippen LogP contribution in [0.2, 0.25) is 0 Å². The lowest BCUT2D eigenvalue weighted by atomic mass is 9.87. The van der Waals surface area contributed by atoms with Crippen molar-refractivity contribution in [3.8, 4) is 45.9 Å². The molecule has 0 aliphatic carbocycles. The smallest absolute Gasteiger partial charge is 0.299 e. The molecule has 0 spiro atoms. The van der Waals surface area contributed by atoms with Crippen molar-refractivity contribution in [3.63, 3.8) is 0 Å². The summed E-state index contributed by atoms with van der Waals surface area (Å²) in [7, 11) is 3.44. The molecule has 3 fully saturated rings. The van der Waals surface area contributed by atoms with Crippen LogP contribution in [0.3, 0.4) is 0 Å². The van der Waals surface area contributed by atoms with Crippen LogP contribution in [0, 0.1) is 23.2 Å². The number of nitriles is 1. The molecule has 0 aromatic carbocycles. The Hall–Kier alpha value is -5.68. The molecular formula is C31H25N9O2. The maximum Gasteiger partial charge on any atom is 0.299 e. The zero-order valence-electron chi connectivity index (χ0n) is 23.0. The SMILES string of the molecule is COc1cncc(C#CC(=O)N2C3CC2CN(c2ccc(-c4cc(-c5cnn(C)c5)cn5ncc(C#N)c45)cn2)C3)c1. The van der Waals surface area contributed by atoms with Gasteiger partial charge in [-0.2, -0.15) is 15.5 Å². The van der Waals surface area contributed by atoms with Crippen molar-refractivity contribution < 1.29 is 9.53 Å². The van der Waals surface area contributed by atoms with E-state index >= 15 is 0 Å². The van der Waals surface area contributed by atoms with Crippen LogP contribution in [0.4, 0.5) is 5.82 Å². The van der Waals surface area contributed by atoms with E-state index in [9.17, 15) is 10.1 Å². The van der Waals surface area contributed by atoms with Crippen molar-refractivity contribution >= 4 is 17.2 Å². The van der Waals surface area contributed by atoms with Crippen LogP contribution in [-0.2, 0) is 11.8 Å². The number of rotatable bonds is 4. The molecule has 0 N–H and O–H groups in total. The minimum atomic E-state index is -0.173. The maximum atomic E-state index is 12.9. The average molecular weight is 556 g/mol. The fourth-order valence-corrected chi connectivity index (χ4v) is 5.80. The Morgan fingerprint density at radius 1 is 1.00 bits per heavy atom. The second kappa shape index (κ2) is 10.1. The van der Waals surface area contributed by atoms with Crippen molar-refractivity contribution in [2.75, 3.05) is 25.1 Å². The summed E-state index contributed by atoms with van der Waals surface area (Å²) in [4.78, 5) is 25.9. The van der Waals surface area contributed by atoms with E-state index in [2.05, 4.69) is 38.0 Å². The molecular weight excluding hydrogens is 530 g/mol. The Kier molecular flexibility index (Phi) is 6.06. The number of aromatic nitrogens is 6. The summed E-state index contributed by atoms with van der Waals surface area (Å²) in [5, 5.41) is 18.4. The predicted molar refractivity (Wildman–Crippen MR) is 154 cm³/mol. The number of piperazine rings is 1. The largest absolute Gasteiger partial charge is 0.495 e. The highest BCUT2D eigenvalue weighted by atomic mass is 16.5. The lowest BCUT2D eigenvalue weighted by Gasteiger charge is -2.55. The highest BCUT2D eigenvalue weighted by Crippen LogP contribution is 2.36. The number of pyridine rings is 3. The van der Waals surface area contributed by atoms with Crippen LogP contribution < -0.4 is 9.64 Å². The second-order valence-corrected chi connectivity index (χ2v) is 10.4. The summed E-state index contributed by atoms with van der Waals surface area (Å²) in [5.41, 5.74) is 5.52. The average Bonchev–Trinajstić information content (AvgIpc) is 3.65. The molecule has 1 amide bonds. The fraction of sp³-hybridized carbons (Fsp3) is 0.226. The maximum absolute atomic E-state index is 12.9. The molecule has 3 aliphatic rings. The Morgan fingerprint density at radius 3 is 2.57 bits per heavy atom. The van der Waals surface area contributed by atoms with Crippen molar-refractivity contribution in [2.24, 2.45) is 7.05 Å². The first-order valence-electron chi connectivity index (χ1n) is 13.5. The number of hydrogen-bond donors (Lipinski definition) is 0. The molecule has 3 saturated heterocycles. The number of piperidine rings is 1. The first-order chi connectivity index (χ1) is 20.5. The molecule has 8 rings (SSSR count). The molecule has 5 aromatic rings. The highest BCUT2D eigenvalue weighted by molar-refractivity contribution is 5.95. The van der Waals surface area contributed by atoms with Gasteiger partial charge in [0.15, 0.2) is 0 Å². The van der Waals surface area contributed by atoms with E-state index in [1.54, 1.807) is 47.2 Å². The third-order valence-corrected chi connectivity index (χ3v) is 7.84. The first kappa shape index (κ1) is 25.3. The molecule has 5 aromatic heterocycles. The summed E-state index contributed by atoms with van der Waals surface area (Å²) in [6, 6.07) is 10.3. The number of methoxy groups -OCH3 is 1. The molecule has 2 atom stereocenters. The number of aryl methyl sites for hydroxylation is 1. The molecule has 2 unspecified atom stereocenters. The van der Waals surface area contributed by atoms with E-state index in [1.165, 1.54) is 0 Å². The number of fused-ring (bicyclic) bond motifs is 3. The third kappa shape index (κ3) is 4.38. The Bertz CT molecular complexity index is 1930. The van der Waals surface area contributed by atoms with E-state index in [0.717, 1.165) is 40.0 Å². The zero-order valence-corrected chi connectivity index (χ0v) is 23.0. The van der Waals surface area contributed by atoms with Crippen molar-refractivity contribution in [3.05, 3.63) is 78.8 Å². The second-order valence-electron chi connectivity index (χ2n) is 10.4. The molecule has 11 nitrogen and oxygen atoms in total. The molecule has 206 valence electrons. The van der Waals surface area contributed by atoms with Gasteiger partial charge in [0.1, 0.15) is 17.6 Å². The summed E-state index contributed by atoms with van der Waals surface area (Å²) in [6.45, 7) is 1.39. The molecule has 2 bridgehead atoms. The Balaban J connectivity index is 1.10. The molecule has 0 radical (unpaired) electrons. The monoisotopic (exact) mass is 555 g/mol. The number of nitrogens with zero attached hydrogens (tertiary/aromatic N) is 9. The molecule has 11 heteroatoms. The van der Waals surface area contributed by atoms with E-state index in [0.29, 0.717) is 30.0 Å². The number of ether oxygens (including phenoxy) is 1. The number of carbonyl (C=O) groups excluding carboxylic acids is 1. The quantitative estimate of drug-likeness (QED) is 0.311. The molecule has 42 heavy (non-hydrogen) atoms. The van der Waals surface area contributed by atoms with E-state index in [1.807, 2.05) is 48.7 Å². The summed E-state index contributed by atoms with van der Waals surface area (Å²) >= 11 is 0. The van der Waals surface area contributed by atoms with Gasteiger partial charge in [-0.3, -0.25) is 14.5 Å². The minimum Gasteiger partial charge on any atom is -0.495 e. The van der Waals surface area contributed by atoms with Crippen molar-refractivity contribution in [1.29, 1.82) is 5.26 Å². The van der Waals surface area contributed by atoms with Gasteiger partial charge in [-0.15, -0.1) is 0 Å². The molecule has 0 saturated carbocycles. The van der Waals surface area contributed by atoms with Crippen LogP contribution in [0.25, 0.3) is 27.8 Å². The van der Waals surface area contributed by atoms with Gasteiger partial charge in [-0.1, -0.05) is 5.92 Å². The van der Waals surface area contributed by atoms with Gasteiger partial charge in [-0.25, -0.2) is 9.50 Å². The summed E-state index contributed by atoms with van der Waals surface area (Å²) < 4.78 is 8.67. The summed E-state index contributed by atoms with van der Waals surface area (Å²) in [5.74, 6) is 6.97. The first-order valence-corrected chi connectivity index (χ1v) is 13.5. The van der Waals surface area contributed by atoms with Crippen LogP contribution in [0.15, 0.2) is 67.6 Å². The number of hydrogen-bond acceptors (Lipinski definition) is 8. The number of anilines is 1. The Morgan fingerprint density at radius 2 is 1.86 bits per heavy atom. The lowest BCUT2D eigenvalue weighted by molar-refractivity contribution is -0.139. The highest BCUT2D eigenvalue weighted by Gasteiger charge is 2.47. The summed E-state index contributed by atoms with van der Waals surface area (Å²) in [6.07, 6.45) is 13.2. The fourth-order valence-electron chi connectivity index (χ4n) is 5.80. The zero-order chi connectivity index (χ0) is 28.8. The topological polar surface area (TPSA) is 117 Å². The lowest BCUT2D eigenvalue weighted by Crippen LogP contribution is -2.70. The Labute approximate surface area is 241 Å². The van der Waals surface area contributed by atoms with Crippen LogP contribution >= 0.6 is 0 Å².